The first-order valence-electron chi connectivity index (χ1n) is 5.35. The largest absolute Gasteiger partial charge is 0.481 e. The Hall–Kier alpha value is -1.06. The minimum atomic E-state index is -0.745. The van der Waals surface area contributed by atoms with Gasteiger partial charge in [0, 0.05) is 12.8 Å². The van der Waals surface area contributed by atoms with Gasteiger partial charge in [0.2, 0.25) is 0 Å². The normalized spacial score (nSPS) is 10.9. The summed E-state index contributed by atoms with van der Waals surface area (Å²) in [5, 5.41) is 7.72. The molecule has 0 aliphatic carbocycles. The summed E-state index contributed by atoms with van der Waals surface area (Å²) in [4.78, 5) is 20.0. The smallest absolute Gasteiger partial charge is 0.305 e. The minimum Gasteiger partial charge on any atom is -0.481 e. The number of esters is 1. The van der Waals surface area contributed by atoms with Crippen LogP contribution in [0.5, 0.6) is 0 Å². The average Bonchev–Trinajstić information content (AvgIpc) is 2.25. The highest BCUT2D eigenvalue weighted by Crippen LogP contribution is 2.00. The first-order chi connectivity index (χ1) is 6.97. The quantitative estimate of drug-likeness (QED) is 0.720. The molecule has 0 saturated carbocycles. The second kappa shape index (κ2) is 11.0. The molecule has 1 unspecified atom stereocenters. The zero-order valence-electron chi connectivity index (χ0n) is 10.1. The molecule has 4 nitrogen and oxygen atoms in total. The second-order valence-electron chi connectivity index (χ2n) is 3.30. The highest BCUT2D eigenvalue weighted by atomic mass is 16.5. The molecule has 15 heavy (non-hydrogen) atoms. The number of carbonyl (C=O) groups excluding carboxylic acids is 1. The van der Waals surface area contributed by atoms with E-state index in [1.54, 1.807) is 13.8 Å². The number of rotatable bonds is 5. The van der Waals surface area contributed by atoms with E-state index in [2.05, 4.69) is 13.8 Å². The Morgan fingerprint density at radius 3 is 1.93 bits per heavy atom. The molecule has 0 heterocycles. The topological polar surface area (TPSA) is 63.6 Å². The molecule has 0 saturated heterocycles. The molecule has 1 N–H and O–H groups in total. The number of hydrogen-bond acceptors (Lipinski definition) is 3. The molecule has 0 aromatic heterocycles. The summed E-state index contributed by atoms with van der Waals surface area (Å²) in [6.45, 7) is 8.14. The maximum Gasteiger partial charge on any atom is 0.305 e. The first-order valence-corrected chi connectivity index (χ1v) is 5.35. The van der Waals surface area contributed by atoms with Gasteiger partial charge in [-0.2, -0.15) is 0 Å². The van der Waals surface area contributed by atoms with Gasteiger partial charge in [-0.15, -0.1) is 0 Å². The van der Waals surface area contributed by atoms with Crippen LogP contribution >= 0.6 is 0 Å². The summed E-state index contributed by atoms with van der Waals surface area (Å²) in [7, 11) is 0. The lowest BCUT2D eigenvalue weighted by atomic mass is 10.1. The number of carboxylic acid groups (broad SMARTS) is 1. The van der Waals surface area contributed by atoms with Gasteiger partial charge in [-0.3, -0.25) is 9.59 Å². The van der Waals surface area contributed by atoms with E-state index in [1.807, 2.05) is 0 Å². The van der Waals surface area contributed by atoms with Gasteiger partial charge >= 0.3 is 11.9 Å². The monoisotopic (exact) mass is 218 g/mol. The maximum atomic E-state index is 10.6. The standard InChI is InChI=1S/C8H16O2.C3H6O2/c1-4-7(3)6-10-8(9)5-2;1-2-3(4)5/h7H,4-6H2,1-3H3;2H2,1H3,(H,4,5). The van der Waals surface area contributed by atoms with Crippen LogP contribution in [0.1, 0.15) is 47.0 Å². The molecule has 0 amide bonds. The Morgan fingerprint density at radius 1 is 1.20 bits per heavy atom. The van der Waals surface area contributed by atoms with Crippen LogP contribution in [0.2, 0.25) is 0 Å². The molecular weight excluding hydrogens is 196 g/mol. The fourth-order valence-electron chi connectivity index (χ4n) is 0.455. The lowest BCUT2D eigenvalue weighted by molar-refractivity contribution is -0.144. The number of hydrogen-bond donors (Lipinski definition) is 1. The summed E-state index contributed by atoms with van der Waals surface area (Å²) in [5.41, 5.74) is 0. The lowest BCUT2D eigenvalue weighted by Gasteiger charge is -2.07. The van der Waals surface area contributed by atoms with Crippen molar-refractivity contribution in [2.45, 2.75) is 47.0 Å². The van der Waals surface area contributed by atoms with Gasteiger partial charge in [0.25, 0.3) is 0 Å². The lowest BCUT2D eigenvalue weighted by Crippen LogP contribution is -2.09. The summed E-state index contributed by atoms with van der Waals surface area (Å²) >= 11 is 0. The third kappa shape index (κ3) is 15.7. The van der Waals surface area contributed by atoms with Crippen molar-refractivity contribution in [3.05, 3.63) is 0 Å². The molecule has 0 fully saturated rings. The van der Waals surface area contributed by atoms with Crippen LogP contribution in [0.3, 0.4) is 0 Å². The second-order valence-corrected chi connectivity index (χ2v) is 3.30. The van der Waals surface area contributed by atoms with Gasteiger partial charge < -0.3 is 9.84 Å². The van der Waals surface area contributed by atoms with Crippen LogP contribution in [-0.4, -0.2) is 23.7 Å². The summed E-state index contributed by atoms with van der Waals surface area (Å²) in [6, 6.07) is 0. The van der Waals surface area contributed by atoms with Crippen molar-refractivity contribution in [3.63, 3.8) is 0 Å². The van der Waals surface area contributed by atoms with Gasteiger partial charge in [-0.05, 0) is 5.92 Å². The van der Waals surface area contributed by atoms with Gasteiger partial charge in [0.15, 0.2) is 0 Å². The van der Waals surface area contributed by atoms with Crippen LogP contribution in [0, 0.1) is 5.92 Å². The predicted molar refractivity (Wildman–Crippen MR) is 58.6 cm³/mol. The fraction of sp³-hybridized carbons (Fsp3) is 0.818. The molecular formula is C11H22O4. The third-order valence-corrected chi connectivity index (χ3v) is 1.82. The molecule has 4 heteroatoms. The van der Waals surface area contributed by atoms with Gasteiger partial charge in [-0.1, -0.05) is 34.1 Å². The van der Waals surface area contributed by atoms with Crippen LogP contribution in [-0.2, 0) is 14.3 Å². The molecule has 0 aliphatic heterocycles. The number of aliphatic carboxylic acids is 1. The molecule has 0 aromatic carbocycles. The zero-order valence-corrected chi connectivity index (χ0v) is 10.1. The third-order valence-electron chi connectivity index (χ3n) is 1.82. The van der Waals surface area contributed by atoms with Crippen molar-refractivity contribution < 1.29 is 19.4 Å². The van der Waals surface area contributed by atoms with Crippen LogP contribution < -0.4 is 0 Å². The molecule has 0 rings (SSSR count). The minimum absolute atomic E-state index is 0.0969. The molecule has 0 aromatic rings. The Balaban J connectivity index is 0. The van der Waals surface area contributed by atoms with Gasteiger partial charge in [-0.25, -0.2) is 0 Å². The van der Waals surface area contributed by atoms with Crippen molar-refractivity contribution >= 4 is 11.9 Å². The van der Waals surface area contributed by atoms with E-state index < -0.39 is 5.97 Å². The maximum absolute atomic E-state index is 10.6. The zero-order chi connectivity index (χ0) is 12.3. The average molecular weight is 218 g/mol. The number of ether oxygens (including phenoxy) is 1. The SMILES string of the molecule is CCC(=O)O.CCC(=O)OCC(C)CC. The van der Waals surface area contributed by atoms with Crippen molar-refractivity contribution in [3.8, 4) is 0 Å². The van der Waals surface area contributed by atoms with E-state index in [-0.39, 0.29) is 12.4 Å². The van der Waals surface area contributed by atoms with Crippen molar-refractivity contribution in [2.24, 2.45) is 5.92 Å². The Labute approximate surface area is 91.6 Å². The number of carboxylic acids is 1. The predicted octanol–water partition coefficient (Wildman–Crippen LogP) is 2.47. The summed E-state index contributed by atoms with van der Waals surface area (Å²) < 4.78 is 4.90. The van der Waals surface area contributed by atoms with E-state index >= 15 is 0 Å². The number of carbonyl (C=O) groups is 2. The molecule has 0 bridgehead atoms. The molecule has 90 valence electrons. The Kier molecular flexibility index (Phi) is 12.0. The van der Waals surface area contributed by atoms with Gasteiger partial charge in [0.05, 0.1) is 6.61 Å². The van der Waals surface area contributed by atoms with E-state index in [0.717, 1.165) is 6.42 Å². The fourth-order valence-corrected chi connectivity index (χ4v) is 0.455. The van der Waals surface area contributed by atoms with Crippen molar-refractivity contribution in [1.29, 1.82) is 0 Å². The van der Waals surface area contributed by atoms with E-state index in [1.165, 1.54) is 0 Å². The van der Waals surface area contributed by atoms with Crippen LogP contribution in [0.25, 0.3) is 0 Å². The first kappa shape index (κ1) is 16.4. The molecule has 0 radical (unpaired) electrons. The molecule has 0 spiro atoms. The van der Waals surface area contributed by atoms with E-state index in [9.17, 15) is 9.59 Å². The van der Waals surface area contributed by atoms with Crippen molar-refractivity contribution in [1.82, 2.24) is 0 Å². The highest BCUT2D eigenvalue weighted by molar-refractivity contribution is 5.68. The Morgan fingerprint density at radius 2 is 1.67 bits per heavy atom. The Bertz CT molecular complexity index is 177. The highest BCUT2D eigenvalue weighted by Gasteiger charge is 2.02. The van der Waals surface area contributed by atoms with Crippen LogP contribution in [0.4, 0.5) is 0 Å². The molecule has 0 aliphatic rings. The molecule has 1 atom stereocenters. The van der Waals surface area contributed by atoms with E-state index in [0.29, 0.717) is 18.9 Å². The van der Waals surface area contributed by atoms with Gasteiger partial charge in [0.1, 0.15) is 0 Å². The van der Waals surface area contributed by atoms with Crippen LogP contribution in [0.15, 0.2) is 0 Å². The summed E-state index contributed by atoms with van der Waals surface area (Å²) in [5.74, 6) is -0.346. The summed E-state index contributed by atoms with van der Waals surface area (Å²) in [6.07, 6.45) is 1.77. The van der Waals surface area contributed by atoms with Crippen molar-refractivity contribution in [2.75, 3.05) is 6.61 Å². The van der Waals surface area contributed by atoms with E-state index in [4.69, 9.17) is 9.84 Å².